The van der Waals surface area contributed by atoms with Gasteiger partial charge in [0.05, 0.1) is 22.4 Å². The molecule has 2 aromatic carbocycles. The van der Waals surface area contributed by atoms with Crippen molar-refractivity contribution in [3.05, 3.63) is 94.8 Å². The average molecular weight is 519 g/mol. The van der Waals surface area contributed by atoms with E-state index in [2.05, 4.69) is 4.98 Å². The molecule has 0 saturated heterocycles. The van der Waals surface area contributed by atoms with E-state index in [0.29, 0.717) is 29.1 Å². The molecule has 0 radical (unpaired) electrons. The highest BCUT2D eigenvalue weighted by Crippen LogP contribution is 2.29. The number of carbonyl (C=O) groups is 1. The number of hydrogen-bond acceptors (Lipinski definition) is 6. The zero-order valence-corrected chi connectivity index (χ0v) is 20.6. The highest BCUT2D eigenvalue weighted by Gasteiger charge is 2.37. The largest absolute Gasteiger partial charge is 0.293 e. The molecule has 34 heavy (non-hydrogen) atoms. The Bertz CT molecular complexity index is 1370. The van der Waals surface area contributed by atoms with E-state index >= 15 is 0 Å². The number of hydrogen-bond donors (Lipinski definition) is 0. The molecule has 0 bridgehead atoms. The first-order chi connectivity index (χ1) is 16.1. The van der Waals surface area contributed by atoms with Crippen LogP contribution in [0, 0.1) is 0 Å². The van der Waals surface area contributed by atoms with Gasteiger partial charge in [0, 0.05) is 23.3 Å². The Morgan fingerprint density at radius 1 is 0.912 bits per heavy atom. The molecule has 0 amide bonds. The van der Waals surface area contributed by atoms with Crippen LogP contribution in [0.3, 0.4) is 0 Å². The van der Waals surface area contributed by atoms with E-state index in [1.54, 1.807) is 36.5 Å². The molecule has 0 atom stereocenters. The number of Topliss-reactive ketones (excluding diaryl/α,β-unsaturated/α-hetero) is 1. The van der Waals surface area contributed by atoms with E-state index in [-0.39, 0.29) is 23.5 Å². The van der Waals surface area contributed by atoms with Crippen LogP contribution in [-0.4, -0.2) is 42.9 Å². The van der Waals surface area contributed by atoms with Crippen molar-refractivity contribution >= 4 is 37.2 Å². The van der Waals surface area contributed by atoms with Crippen LogP contribution in [0.2, 0.25) is 5.02 Å². The first-order valence-electron chi connectivity index (χ1n) is 10.6. The molecular formula is C24H23ClN2O5S2. The molecule has 10 heteroatoms. The first-order valence-corrected chi connectivity index (χ1v) is 14.2. The Kier molecular flexibility index (Phi) is 7.18. The van der Waals surface area contributed by atoms with Crippen molar-refractivity contribution in [2.75, 3.05) is 5.75 Å². The van der Waals surface area contributed by atoms with Gasteiger partial charge in [-0.1, -0.05) is 41.9 Å². The van der Waals surface area contributed by atoms with Crippen molar-refractivity contribution in [3.8, 4) is 0 Å². The summed E-state index contributed by atoms with van der Waals surface area (Å²) in [7, 11) is -7.28. The van der Waals surface area contributed by atoms with E-state index < -0.39 is 36.6 Å². The van der Waals surface area contributed by atoms with Crippen molar-refractivity contribution in [1.82, 2.24) is 9.29 Å². The van der Waals surface area contributed by atoms with Crippen LogP contribution in [0.1, 0.15) is 34.5 Å². The lowest BCUT2D eigenvalue weighted by atomic mass is 10.1. The smallest absolute Gasteiger partial charge is 0.243 e. The molecular weight excluding hydrogens is 496 g/mol. The molecule has 1 saturated carbocycles. The van der Waals surface area contributed by atoms with Crippen LogP contribution in [0.4, 0.5) is 0 Å². The summed E-state index contributed by atoms with van der Waals surface area (Å²) in [6, 6.07) is 17.6. The normalized spacial score (nSPS) is 14.3. The molecule has 0 aliphatic heterocycles. The maximum absolute atomic E-state index is 13.4. The fourth-order valence-electron chi connectivity index (χ4n) is 3.46. The Labute approximate surface area is 204 Å². The molecule has 1 aliphatic carbocycles. The van der Waals surface area contributed by atoms with E-state index in [0.717, 1.165) is 0 Å². The predicted octanol–water partition coefficient (Wildman–Crippen LogP) is 3.89. The number of nitrogens with zero attached hydrogens (tertiary/aromatic N) is 2. The lowest BCUT2D eigenvalue weighted by Gasteiger charge is -2.22. The Balaban J connectivity index is 1.56. The summed E-state index contributed by atoms with van der Waals surface area (Å²) in [5, 5.41) is 0.0353. The molecule has 0 unspecified atom stereocenters. The molecule has 1 aliphatic rings. The van der Waals surface area contributed by atoms with Gasteiger partial charge < -0.3 is 0 Å². The van der Waals surface area contributed by atoms with Gasteiger partial charge in [0.2, 0.25) is 10.0 Å². The van der Waals surface area contributed by atoms with E-state index in [9.17, 15) is 21.6 Å². The second-order valence-corrected chi connectivity index (χ2v) is 12.8. The Hall–Kier alpha value is -2.59. The van der Waals surface area contributed by atoms with Crippen molar-refractivity contribution < 1.29 is 21.6 Å². The third kappa shape index (κ3) is 5.90. The average Bonchev–Trinajstić information content (AvgIpc) is 3.66. The third-order valence-corrected chi connectivity index (χ3v) is 9.72. The lowest BCUT2D eigenvalue weighted by Crippen LogP contribution is -2.30. The number of ketones is 1. The second-order valence-electron chi connectivity index (χ2n) is 8.17. The Morgan fingerprint density at radius 2 is 1.59 bits per heavy atom. The summed E-state index contributed by atoms with van der Waals surface area (Å²) in [6.07, 6.45) is 2.82. The number of rotatable bonds is 10. The van der Waals surface area contributed by atoms with Gasteiger partial charge in [-0.2, -0.15) is 4.31 Å². The summed E-state index contributed by atoms with van der Waals surface area (Å²) < 4.78 is 52.3. The summed E-state index contributed by atoms with van der Waals surface area (Å²) in [5.41, 5.74) is 1.51. The highest BCUT2D eigenvalue weighted by atomic mass is 35.5. The molecule has 1 heterocycles. The maximum atomic E-state index is 13.4. The zero-order valence-electron chi connectivity index (χ0n) is 18.2. The molecule has 1 fully saturated rings. The molecule has 178 valence electrons. The molecule has 7 nitrogen and oxygen atoms in total. The van der Waals surface area contributed by atoms with Gasteiger partial charge in [-0.3, -0.25) is 9.78 Å². The minimum atomic E-state index is -3.88. The van der Waals surface area contributed by atoms with Crippen LogP contribution >= 0.6 is 11.6 Å². The van der Waals surface area contributed by atoms with Gasteiger partial charge in [-0.05, 0) is 54.8 Å². The monoisotopic (exact) mass is 518 g/mol. The van der Waals surface area contributed by atoms with Gasteiger partial charge in [-0.15, -0.1) is 0 Å². The first kappa shape index (κ1) is 24.5. The summed E-state index contributed by atoms with van der Waals surface area (Å²) in [6.45, 7) is 0.0858. The standard InChI is InChI=1S/C24H23ClN2O5S2/c25-20-8-10-23(11-9-20)34(31,32)27(16-21-3-1-2-14-26-21)15-18-4-6-19(7-5-18)24(28)17-33(29,30)22-12-13-22/h1-11,14,22H,12-13,15-17H2. The van der Waals surface area contributed by atoms with Crippen LogP contribution in [0.5, 0.6) is 0 Å². The minimum Gasteiger partial charge on any atom is -0.293 e. The lowest BCUT2D eigenvalue weighted by molar-refractivity contribution is 0.102. The summed E-state index contributed by atoms with van der Waals surface area (Å²) in [4.78, 5) is 16.8. The number of sulfonamides is 1. The van der Waals surface area contributed by atoms with Gasteiger partial charge >= 0.3 is 0 Å². The van der Waals surface area contributed by atoms with Crippen LogP contribution in [0.15, 0.2) is 77.8 Å². The van der Waals surface area contributed by atoms with Gasteiger partial charge in [-0.25, -0.2) is 16.8 Å². The Morgan fingerprint density at radius 3 is 2.18 bits per heavy atom. The van der Waals surface area contributed by atoms with E-state index in [1.807, 2.05) is 0 Å². The third-order valence-electron chi connectivity index (χ3n) is 5.52. The number of halogens is 1. The fourth-order valence-corrected chi connectivity index (χ4v) is 6.61. The van der Waals surface area contributed by atoms with Crippen molar-refractivity contribution in [2.45, 2.75) is 36.1 Å². The highest BCUT2D eigenvalue weighted by molar-refractivity contribution is 7.93. The topological polar surface area (TPSA) is 101 Å². The molecule has 4 rings (SSSR count). The van der Waals surface area contributed by atoms with E-state index in [4.69, 9.17) is 11.6 Å². The minimum absolute atomic E-state index is 0.0381. The van der Waals surface area contributed by atoms with Crippen LogP contribution < -0.4 is 0 Å². The number of aromatic nitrogens is 1. The van der Waals surface area contributed by atoms with Crippen molar-refractivity contribution in [3.63, 3.8) is 0 Å². The zero-order chi connectivity index (χ0) is 24.3. The van der Waals surface area contributed by atoms with Crippen molar-refractivity contribution in [1.29, 1.82) is 0 Å². The van der Waals surface area contributed by atoms with Gasteiger partial charge in [0.15, 0.2) is 15.6 Å². The van der Waals surface area contributed by atoms with E-state index in [1.165, 1.54) is 40.7 Å². The molecule has 0 N–H and O–H groups in total. The SMILES string of the molecule is O=C(CS(=O)(=O)C1CC1)c1ccc(CN(Cc2ccccn2)S(=O)(=O)c2ccc(Cl)cc2)cc1. The summed E-state index contributed by atoms with van der Waals surface area (Å²) in [5.74, 6) is -0.967. The molecule has 3 aromatic rings. The molecule has 1 aromatic heterocycles. The number of carbonyl (C=O) groups excluding carboxylic acids is 1. The van der Waals surface area contributed by atoms with Crippen LogP contribution in [-0.2, 0) is 33.0 Å². The summed E-state index contributed by atoms with van der Waals surface area (Å²) >= 11 is 5.92. The van der Waals surface area contributed by atoms with Crippen molar-refractivity contribution in [2.24, 2.45) is 0 Å². The van der Waals surface area contributed by atoms with Gasteiger partial charge in [0.1, 0.15) is 5.75 Å². The number of sulfone groups is 1. The number of pyridine rings is 1. The quantitative estimate of drug-likeness (QED) is 0.377. The predicted molar refractivity (Wildman–Crippen MR) is 130 cm³/mol. The number of benzene rings is 2. The maximum Gasteiger partial charge on any atom is 0.243 e. The van der Waals surface area contributed by atoms with Gasteiger partial charge in [0.25, 0.3) is 0 Å². The second kappa shape index (κ2) is 9.95. The molecule has 0 spiro atoms. The fraction of sp³-hybridized carbons (Fsp3) is 0.250. The van der Waals surface area contributed by atoms with Crippen LogP contribution in [0.25, 0.3) is 0 Å².